The monoisotopic (exact) mass is 242 g/mol. The van der Waals surface area contributed by atoms with Crippen LogP contribution in [0.3, 0.4) is 0 Å². The molecular weight excluding hydrogens is 232 g/mol. The summed E-state index contributed by atoms with van der Waals surface area (Å²) in [4.78, 5) is 12.2. The normalized spacial score (nSPS) is 10.5. The summed E-state index contributed by atoms with van der Waals surface area (Å²) >= 11 is 0. The van der Waals surface area contributed by atoms with Crippen molar-refractivity contribution in [1.29, 1.82) is 0 Å². The average molecular weight is 242 g/mol. The van der Waals surface area contributed by atoms with Gasteiger partial charge in [-0.15, -0.1) is 0 Å². The van der Waals surface area contributed by atoms with Crippen molar-refractivity contribution in [1.82, 2.24) is 19.5 Å². The van der Waals surface area contributed by atoms with Gasteiger partial charge in [0.15, 0.2) is 12.2 Å². The smallest absolute Gasteiger partial charge is 0.301 e. The molecule has 0 atom stereocenters. The minimum absolute atomic E-state index is 0.484. The number of imidazole rings is 1. The molecule has 3 aromatic rings. The summed E-state index contributed by atoms with van der Waals surface area (Å²) in [7, 11) is 1.57. The highest BCUT2D eigenvalue weighted by atomic mass is 16.5. The third kappa shape index (κ3) is 1.73. The number of aromatic nitrogens is 4. The summed E-state index contributed by atoms with van der Waals surface area (Å²) in [6.07, 6.45) is 8.19. The molecule has 90 valence electrons. The summed E-state index contributed by atoms with van der Waals surface area (Å²) in [6.45, 7) is 0. The van der Waals surface area contributed by atoms with E-state index in [4.69, 9.17) is 9.15 Å². The number of ether oxygens (including phenoxy) is 1. The minimum Gasteiger partial charge on any atom is -0.468 e. The number of rotatable bonds is 3. The van der Waals surface area contributed by atoms with Crippen molar-refractivity contribution in [2.24, 2.45) is 0 Å². The van der Waals surface area contributed by atoms with Gasteiger partial charge in [0.05, 0.1) is 13.3 Å². The lowest BCUT2D eigenvalue weighted by molar-refractivity contribution is 0.373. The van der Waals surface area contributed by atoms with E-state index in [1.165, 1.54) is 6.39 Å². The topological polar surface area (TPSA) is 66.0 Å². The number of nitrogens with zero attached hydrogens (tertiary/aromatic N) is 4. The molecule has 0 aliphatic carbocycles. The zero-order valence-electron chi connectivity index (χ0n) is 9.65. The number of methoxy groups -OCH3 is 1. The number of hydrogen-bond acceptors (Lipinski definition) is 5. The Labute approximate surface area is 103 Å². The number of pyridine rings is 1. The first-order chi connectivity index (χ1) is 8.88. The molecule has 0 aliphatic heterocycles. The molecule has 3 aromatic heterocycles. The summed E-state index contributed by atoms with van der Waals surface area (Å²) in [6, 6.07) is 4.22. The third-order valence-corrected chi connectivity index (χ3v) is 2.50. The van der Waals surface area contributed by atoms with Gasteiger partial charge in [0, 0.05) is 24.2 Å². The number of oxazole rings is 1. The van der Waals surface area contributed by atoms with Crippen LogP contribution in [-0.2, 0) is 0 Å². The Balaban J connectivity index is 2.06. The molecule has 0 amide bonds. The van der Waals surface area contributed by atoms with Gasteiger partial charge in [-0.25, -0.2) is 15.0 Å². The lowest BCUT2D eigenvalue weighted by Crippen LogP contribution is -1.99. The van der Waals surface area contributed by atoms with Crippen molar-refractivity contribution in [2.45, 2.75) is 0 Å². The Bertz CT molecular complexity index is 646. The van der Waals surface area contributed by atoms with E-state index in [-0.39, 0.29) is 0 Å². The van der Waals surface area contributed by atoms with E-state index in [0.29, 0.717) is 17.6 Å². The van der Waals surface area contributed by atoms with Crippen LogP contribution in [0.2, 0.25) is 0 Å². The van der Waals surface area contributed by atoms with Crippen molar-refractivity contribution in [2.75, 3.05) is 7.11 Å². The van der Waals surface area contributed by atoms with Crippen LogP contribution in [0.1, 0.15) is 0 Å². The molecule has 6 nitrogen and oxygen atoms in total. The van der Waals surface area contributed by atoms with Gasteiger partial charge in [-0.2, -0.15) is 0 Å². The summed E-state index contributed by atoms with van der Waals surface area (Å²) < 4.78 is 12.1. The molecule has 3 rings (SSSR count). The molecule has 6 heteroatoms. The first kappa shape index (κ1) is 10.5. The maximum atomic E-state index is 5.25. The Morgan fingerprint density at radius 1 is 1.28 bits per heavy atom. The average Bonchev–Trinajstić information content (AvgIpc) is 3.10. The minimum atomic E-state index is 0.484. The van der Waals surface area contributed by atoms with E-state index in [1.54, 1.807) is 36.5 Å². The summed E-state index contributed by atoms with van der Waals surface area (Å²) in [5.41, 5.74) is 0.897. The molecule has 0 N–H and O–H groups in total. The van der Waals surface area contributed by atoms with Crippen LogP contribution in [0.25, 0.3) is 17.1 Å². The van der Waals surface area contributed by atoms with Crippen LogP contribution < -0.4 is 4.74 Å². The highest BCUT2D eigenvalue weighted by Gasteiger charge is 2.08. The van der Waals surface area contributed by atoms with E-state index < -0.39 is 0 Å². The second-order valence-electron chi connectivity index (χ2n) is 3.55. The van der Waals surface area contributed by atoms with Crippen LogP contribution >= 0.6 is 0 Å². The van der Waals surface area contributed by atoms with Gasteiger partial charge in [0.25, 0.3) is 0 Å². The van der Waals surface area contributed by atoms with E-state index in [2.05, 4.69) is 15.0 Å². The fourth-order valence-corrected chi connectivity index (χ4v) is 1.68. The molecule has 0 aromatic carbocycles. The molecule has 0 aliphatic rings. The second-order valence-corrected chi connectivity index (χ2v) is 3.55. The molecule has 3 heterocycles. The maximum absolute atomic E-state index is 5.25. The Kier molecular flexibility index (Phi) is 2.53. The zero-order chi connectivity index (χ0) is 12.4. The van der Waals surface area contributed by atoms with E-state index in [1.807, 2.05) is 12.1 Å². The predicted molar refractivity (Wildman–Crippen MR) is 63.4 cm³/mol. The van der Waals surface area contributed by atoms with Gasteiger partial charge < -0.3 is 9.15 Å². The fourth-order valence-electron chi connectivity index (χ4n) is 1.68. The fraction of sp³-hybridized carbons (Fsp3) is 0.0833. The van der Waals surface area contributed by atoms with Crippen molar-refractivity contribution in [3.8, 4) is 23.2 Å². The van der Waals surface area contributed by atoms with Gasteiger partial charge in [0.1, 0.15) is 5.82 Å². The van der Waals surface area contributed by atoms with Crippen molar-refractivity contribution >= 4 is 0 Å². The molecule has 0 radical (unpaired) electrons. The number of hydrogen-bond donors (Lipinski definition) is 0. The molecule has 18 heavy (non-hydrogen) atoms. The largest absolute Gasteiger partial charge is 0.468 e. The van der Waals surface area contributed by atoms with E-state index in [9.17, 15) is 0 Å². The Morgan fingerprint density at radius 3 is 3.00 bits per heavy atom. The quantitative estimate of drug-likeness (QED) is 0.702. The zero-order valence-corrected chi connectivity index (χ0v) is 9.65. The molecule has 0 spiro atoms. The molecular formula is C12H10N4O2. The van der Waals surface area contributed by atoms with Crippen LogP contribution in [0.5, 0.6) is 6.01 Å². The Hall–Kier alpha value is -2.63. The van der Waals surface area contributed by atoms with E-state index in [0.717, 1.165) is 5.56 Å². The molecule has 0 saturated carbocycles. The van der Waals surface area contributed by atoms with Crippen molar-refractivity contribution < 1.29 is 9.15 Å². The molecule has 0 unspecified atom stereocenters. The third-order valence-electron chi connectivity index (χ3n) is 2.50. The van der Waals surface area contributed by atoms with Crippen molar-refractivity contribution in [3.05, 3.63) is 43.3 Å². The van der Waals surface area contributed by atoms with Crippen molar-refractivity contribution in [3.63, 3.8) is 0 Å². The lowest BCUT2D eigenvalue weighted by atomic mass is 10.2. The van der Waals surface area contributed by atoms with Crippen LogP contribution in [0, 0.1) is 0 Å². The molecule has 0 bridgehead atoms. The highest BCUT2D eigenvalue weighted by molar-refractivity contribution is 5.58. The maximum Gasteiger partial charge on any atom is 0.301 e. The summed E-state index contributed by atoms with van der Waals surface area (Å²) in [5.74, 6) is 1.40. The first-order valence-corrected chi connectivity index (χ1v) is 5.31. The van der Waals surface area contributed by atoms with Gasteiger partial charge in [-0.3, -0.25) is 4.57 Å². The van der Waals surface area contributed by atoms with Gasteiger partial charge in [-0.05, 0) is 12.1 Å². The van der Waals surface area contributed by atoms with E-state index >= 15 is 0 Å². The first-order valence-electron chi connectivity index (χ1n) is 5.31. The lowest BCUT2D eigenvalue weighted by Gasteiger charge is -2.06. The van der Waals surface area contributed by atoms with Crippen LogP contribution in [0.15, 0.2) is 47.7 Å². The molecule has 0 fully saturated rings. The second kappa shape index (κ2) is 4.33. The highest BCUT2D eigenvalue weighted by Crippen LogP contribution is 2.21. The van der Waals surface area contributed by atoms with Gasteiger partial charge in [0.2, 0.25) is 0 Å². The standard InChI is InChI=1S/C12H10N4O2/c1-17-12-15-4-5-16(12)11-6-9(2-3-14-11)10-7-13-8-18-10/h2-8H,1H3. The van der Waals surface area contributed by atoms with Gasteiger partial charge >= 0.3 is 6.01 Å². The van der Waals surface area contributed by atoms with Crippen LogP contribution in [0.4, 0.5) is 0 Å². The predicted octanol–water partition coefficient (Wildman–Crippen LogP) is 1.93. The van der Waals surface area contributed by atoms with Gasteiger partial charge in [-0.1, -0.05) is 0 Å². The SMILES string of the molecule is COc1nccn1-c1cc(-c2cnco2)ccn1. The summed E-state index contributed by atoms with van der Waals surface area (Å²) in [5, 5.41) is 0. The Morgan fingerprint density at radius 2 is 2.22 bits per heavy atom. The van der Waals surface area contributed by atoms with Crippen LogP contribution in [-0.4, -0.2) is 26.6 Å². The molecule has 0 saturated heterocycles.